The minimum absolute atomic E-state index is 0.131. The number of aryl methyl sites for hydroxylation is 1. The van der Waals surface area contributed by atoms with E-state index in [-0.39, 0.29) is 5.91 Å². The maximum Gasteiger partial charge on any atom is 0.266 e. The van der Waals surface area contributed by atoms with E-state index < -0.39 is 0 Å². The van der Waals surface area contributed by atoms with Gasteiger partial charge in [0.2, 0.25) is 0 Å². The summed E-state index contributed by atoms with van der Waals surface area (Å²) in [6.45, 7) is 2.83. The van der Waals surface area contributed by atoms with Gasteiger partial charge in [0.25, 0.3) is 5.91 Å². The number of rotatable bonds is 4. The summed E-state index contributed by atoms with van der Waals surface area (Å²) in [6, 6.07) is 6.47. The lowest BCUT2D eigenvalue weighted by atomic mass is 10.3. The third-order valence-corrected chi connectivity index (χ3v) is 4.74. The van der Waals surface area contributed by atoms with Gasteiger partial charge >= 0.3 is 0 Å². The topological polar surface area (TPSA) is 33.2 Å². The predicted molar refractivity (Wildman–Crippen MR) is 74.1 cm³/mol. The average Bonchev–Trinajstić information content (AvgIpc) is 2.89. The van der Waals surface area contributed by atoms with Crippen LogP contribution in [0.5, 0.6) is 0 Å². The molecule has 0 unspecified atom stereocenters. The number of carbonyl (C=O) groups is 1. The molecule has 1 saturated carbocycles. The summed E-state index contributed by atoms with van der Waals surface area (Å²) in [4.78, 5) is 17.7. The van der Waals surface area contributed by atoms with E-state index in [1.807, 2.05) is 11.0 Å². The van der Waals surface area contributed by atoms with Gasteiger partial charge in [-0.1, -0.05) is 0 Å². The first kappa shape index (κ1) is 11.9. The van der Waals surface area contributed by atoms with Gasteiger partial charge in [-0.25, -0.2) is 4.37 Å². The van der Waals surface area contributed by atoms with Crippen molar-refractivity contribution in [3.05, 3.63) is 39.0 Å². The molecule has 0 aromatic carbocycles. The molecule has 0 N–H and O–H groups in total. The monoisotopic (exact) mass is 278 g/mol. The Morgan fingerprint density at radius 3 is 2.83 bits per heavy atom. The number of hydrogen-bond acceptors (Lipinski definition) is 4. The molecule has 2 heterocycles. The normalized spacial score (nSPS) is 14.7. The van der Waals surface area contributed by atoms with Crippen LogP contribution in [0.4, 0.5) is 0 Å². The second-order valence-electron chi connectivity index (χ2n) is 4.55. The van der Waals surface area contributed by atoms with Crippen molar-refractivity contribution >= 4 is 28.8 Å². The molecule has 3 nitrogen and oxygen atoms in total. The van der Waals surface area contributed by atoms with Crippen LogP contribution in [0.15, 0.2) is 24.4 Å². The molecule has 1 aliphatic rings. The lowest BCUT2D eigenvalue weighted by Crippen LogP contribution is -2.31. The minimum atomic E-state index is 0.131. The second kappa shape index (κ2) is 4.82. The second-order valence-corrected chi connectivity index (χ2v) is 6.76. The third kappa shape index (κ3) is 2.47. The Kier molecular flexibility index (Phi) is 3.18. The van der Waals surface area contributed by atoms with Gasteiger partial charge in [0, 0.05) is 22.0 Å². The molecule has 0 aliphatic heterocycles. The summed E-state index contributed by atoms with van der Waals surface area (Å²) in [6.07, 6.45) is 3.96. The fraction of sp³-hybridized carbons (Fsp3) is 0.385. The standard InChI is InChI=1S/C13H14N2OS2/c1-9-2-5-11(17-9)8-15(10-3-4-10)13(16)12-6-7-14-18-12/h2,5-7,10H,3-4,8H2,1H3. The van der Waals surface area contributed by atoms with Crippen molar-refractivity contribution in [3.63, 3.8) is 0 Å². The van der Waals surface area contributed by atoms with E-state index in [0.717, 1.165) is 24.3 Å². The zero-order valence-corrected chi connectivity index (χ0v) is 11.8. The Hall–Kier alpha value is -1.20. The van der Waals surface area contributed by atoms with Gasteiger partial charge in [-0.2, -0.15) is 0 Å². The maximum atomic E-state index is 12.4. The molecule has 0 atom stereocenters. The molecule has 94 valence electrons. The van der Waals surface area contributed by atoms with Crippen LogP contribution in [-0.2, 0) is 6.54 Å². The van der Waals surface area contributed by atoms with Crippen molar-refractivity contribution in [1.29, 1.82) is 0 Å². The Morgan fingerprint density at radius 2 is 2.28 bits per heavy atom. The highest BCUT2D eigenvalue weighted by Gasteiger charge is 2.33. The van der Waals surface area contributed by atoms with E-state index in [4.69, 9.17) is 0 Å². The highest BCUT2D eigenvalue weighted by molar-refractivity contribution is 7.11. The summed E-state index contributed by atoms with van der Waals surface area (Å²) in [5, 5.41) is 0. The van der Waals surface area contributed by atoms with E-state index in [2.05, 4.69) is 23.4 Å². The highest BCUT2D eigenvalue weighted by Crippen LogP contribution is 2.31. The summed E-state index contributed by atoms with van der Waals surface area (Å²) in [5.41, 5.74) is 0. The Balaban J connectivity index is 1.78. The molecule has 1 amide bonds. The quantitative estimate of drug-likeness (QED) is 0.859. The summed E-state index contributed by atoms with van der Waals surface area (Å²) in [7, 11) is 0. The molecule has 1 aliphatic carbocycles. The average molecular weight is 278 g/mol. The van der Waals surface area contributed by atoms with Gasteiger partial charge in [-0.3, -0.25) is 4.79 Å². The summed E-state index contributed by atoms with van der Waals surface area (Å²) in [5.74, 6) is 0.131. The first-order valence-electron chi connectivity index (χ1n) is 6.01. The van der Waals surface area contributed by atoms with Crippen LogP contribution in [0.3, 0.4) is 0 Å². The van der Waals surface area contributed by atoms with Crippen LogP contribution < -0.4 is 0 Å². The van der Waals surface area contributed by atoms with Crippen molar-refractivity contribution in [2.75, 3.05) is 0 Å². The van der Waals surface area contributed by atoms with Crippen LogP contribution in [0.25, 0.3) is 0 Å². The van der Waals surface area contributed by atoms with Gasteiger partial charge in [0.05, 0.1) is 6.54 Å². The summed E-state index contributed by atoms with van der Waals surface area (Å²) < 4.78 is 4.01. The lowest BCUT2D eigenvalue weighted by molar-refractivity contribution is 0.0736. The van der Waals surface area contributed by atoms with Gasteiger partial charge < -0.3 is 4.90 Å². The Bertz CT molecular complexity index is 543. The van der Waals surface area contributed by atoms with Crippen molar-refractivity contribution in [2.24, 2.45) is 0 Å². The zero-order valence-electron chi connectivity index (χ0n) is 10.1. The number of aromatic nitrogens is 1. The molecular formula is C13H14N2OS2. The largest absolute Gasteiger partial charge is 0.330 e. The van der Waals surface area contributed by atoms with E-state index in [9.17, 15) is 4.79 Å². The number of nitrogens with zero attached hydrogens (tertiary/aromatic N) is 2. The molecule has 0 spiro atoms. The smallest absolute Gasteiger partial charge is 0.266 e. The number of carbonyl (C=O) groups excluding carboxylic acids is 1. The van der Waals surface area contributed by atoms with Crippen LogP contribution in [0.2, 0.25) is 0 Å². The highest BCUT2D eigenvalue weighted by atomic mass is 32.1. The van der Waals surface area contributed by atoms with Crippen molar-refractivity contribution < 1.29 is 4.79 Å². The number of hydrogen-bond donors (Lipinski definition) is 0. The van der Waals surface area contributed by atoms with Gasteiger partial charge in [0.15, 0.2) is 0 Å². The Labute approximate surface area is 114 Å². The zero-order chi connectivity index (χ0) is 12.5. The van der Waals surface area contributed by atoms with Crippen LogP contribution in [0.1, 0.15) is 32.3 Å². The number of thiophene rings is 1. The fourth-order valence-corrected chi connectivity index (χ4v) is 3.40. The van der Waals surface area contributed by atoms with Crippen molar-refractivity contribution in [2.45, 2.75) is 32.4 Å². The first-order chi connectivity index (χ1) is 8.74. The molecule has 2 aromatic rings. The van der Waals surface area contributed by atoms with Gasteiger partial charge in [-0.15, -0.1) is 11.3 Å². The molecule has 0 saturated heterocycles. The van der Waals surface area contributed by atoms with Crippen LogP contribution in [0, 0.1) is 6.92 Å². The molecule has 1 fully saturated rings. The van der Waals surface area contributed by atoms with Crippen LogP contribution in [-0.4, -0.2) is 21.2 Å². The van der Waals surface area contributed by atoms with E-state index in [1.165, 1.54) is 21.3 Å². The predicted octanol–water partition coefficient (Wildman–Crippen LogP) is 3.32. The minimum Gasteiger partial charge on any atom is -0.330 e. The molecule has 3 rings (SSSR count). The van der Waals surface area contributed by atoms with Crippen molar-refractivity contribution in [3.8, 4) is 0 Å². The molecule has 0 bridgehead atoms. The van der Waals surface area contributed by atoms with E-state index in [0.29, 0.717) is 6.04 Å². The molecule has 18 heavy (non-hydrogen) atoms. The molecule has 0 radical (unpaired) electrons. The summed E-state index contributed by atoms with van der Waals surface area (Å²) >= 11 is 3.05. The Morgan fingerprint density at radius 1 is 1.44 bits per heavy atom. The molecule has 5 heteroatoms. The SMILES string of the molecule is Cc1ccc(CN(C(=O)c2ccns2)C2CC2)s1. The lowest BCUT2D eigenvalue weighted by Gasteiger charge is -2.20. The van der Waals surface area contributed by atoms with Crippen molar-refractivity contribution in [1.82, 2.24) is 9.27 Å². The first-order valence-corrected chi connectivity index (χ1v) is 7.60. The van der Waals surface area contributed by atoms with Gasteiger partial charge in [0.1, 0.15) is 4.88 Å². The maximum absolute atomic E-state index is 12.4. The fourth-order valence-electron chi connectivity index (χ4n) is 1.96. The van der Waals surface area contributed by atoms with E-state index in [1.54, 1.807) is 17.5 Å². The number of amides is 1. The molecular weight excluding hydrogens is 264 g/mol. The van der Waals surface area contributed by atoms with E-state index >= 15 is 0 Å². The van der Waals surface area contributed by atoms with Crippen LogP contribution >= 0.6 is 22.9 Å². The molecule has 2 aromatic heterocycles. The van der Waals surface area contributed by atoms with Gasteiger partial charge in [-0.05, 0) is 49.5 Å². The third-order valence-electron chi connectivity index (χ3n) is 3.02.